The van der Waals surface area contributed by atoms with Gasteiger partial charge in [-0.25, -0.2) is 0 Å². The number of halogens is 1. The van der Waals surface area contributed by atoms with E-state index in [0.29, 0.717) is 19.3 Å². The van der Waals surface area contributed by atoms with Gasteiger partial charge in [-0.05, 0) is 31.4 Å². The van der Waals surface area contributed by atoms with Gasteiger partial charge in [-0.1, -0.05) is 23.8 Å². The predicted molar refractivity (Wildman–Crippen MR) is 98.0 cm³/mol. The lowest BCUT2D eigenvalue weighted by atomic mass is 9.85. The Morgan fingerprint density at radius 3 is 2.44 bits per heavy atom. The Morgan fingerprint density at radius 1 is 1.22 bits per heavy atom. The molecule has 1 aromatic carbocycles. The van der Waals surface area contributed by atoms with Crippen LogP contribution in [0.2, 0.25) is 5.02 Å². The average molecular weight is 392 g/mol. The number of hydrogen-bond donors (Lipinski definition) is 1. The molecule has 1 N–H and O–H groups in total. The SMILES string of the molecule is O=C(CCCN1C(=O)[C@H]2CC=CC[C@@H]2C1=O)Nc1ccc(Cl)c([N+](=O)[O-])c1. The fourth-order valence-corrected chi connectivity index (χ4v) is 3.63. The Labute approximate surface area is 160 Å². The van der Waals surface area contributed by atoms with Gasteiger partial charge in [-0.3, -0.25) is 29.4 Å². The van der Waals surface area contributed by atoms with E-state index in [1.165, 1.54) is 23.1 Å². The summed E-state index contributed by atoms with van der Waals surface area (Å²) in [5, 5.41) is 13.4. The monoisotopic (exact) mass is 391 g/mol. The largest absolute Gasteiger partial charge is 0.326 e. The zero-order valence-electron chi connectivity index (χ0n) is 14.4. The molecule has 0 unspecified atom stereocenters. The number of likely N-dealkylation sites (tertiary alicyclic amines) is 1. The Kier molecular flexibility index (Phi) is 5.55. The van der Waals surface area contributed by atoms with Crippen molar-refractivity contribution < 1.29 is 19.3 Å². The Bertz CT molecular complexity index is 812. The Morgan fingerprint density at radius 2 is 1.85 bits per heavy atom. The van der Waals surface area contributed by atoms with Gasteiger partial charge in [0, 0.05) is 24.7 Å². The summed E-state index contributed by atoms with van der Waals surface area (Å²) in [6.45, 7) is 0.193. The van der Waals surface area contributed by atoms with Crippen molar-refractivity contribution >= 4 is 40.7 Å². The van der Waals surface area contributed by atoms with Crippen molar-refractivity contribution in [2.45, 2.75) is 25.7 Å². The van der Waals surface area contributed by atoms with Crippen LogP contribution >= 0.6 is 11.6 Å². The summed E-state index contributed by atoms with van der Waals surface area (Å²) in [5.74, 6) is -1.23. The molecule has 2 aliphatic rings. The van der Waals surface area contributed by atoms with Crippen LogP contribution in [0.3, 0.4) is 0 Å². The summed E-state index contributed by atoms with van der Waals surface area (Å²) in [6, 6.07) is 4.00. The first-order chi connectivity index (χ1) is 12.9. The number of anilines is 1. The van der Waals surface area contributed by atoms with Gasteiger partial charge in [-0.15, -0.1) is 0 Å². The van der Waals surface area contributed by atoms with Crippen LogP contribution in [-0.2, 0) is 14.4 Å². The maximum Gasteiger partial charge on any atom is 0.289 e. The molecule has 2 atom stereocenters. The highest BCUT2D eigenvalue weighted by atomic mass is 35.5. The number of carbonyl (C=O) groups is 3. The molecule has 0 radical (unpaired) electrons. The van der Waals surface area contributed by atoms with E-state index in [4.69, 9.17) is 11.6 Å². The van der Waals surface area contributed by atoms with Crippen molar-refractivity contribution in [1.82, 2.24) is 4.90 Å². The molecule has 1 aromatic rings. The Hall–Kier alpha value is -2.74. The maximum atomic E-state index is 12.3. The van der Waals surface area contributed by atoms with Crippen molar-refractivity contribution in [3.63, 3.8) is 0 Å². The number of nitrogens with one attached hydrogen (secondary N) is 1. The highest BCUT2D eigenvalue weighted by Crippen LogP contribution is 2.35. The van der Waals surface area contributed by atoms with Crippen molar-refractivity contribution in [2.75, 3.05) is 11.9 Å². The molecule has 1 saturated heterocycles. The molecule has 9 heteroatoms. The van der Waals surface area contributed by atoms with Gasteiger partial charge in [0.1, 0.15) is 5.02 Å². The third-order valence-electron chi connectivity index (χ3n) is 4.81. The van der Waals surface area contributed by atoms with Crippen LogP contribution in [0.5, 0.6) is 0 Å². The molecule has 3 amide bonds. The second-order valence-corrected chi connectivity index (χ2v) is 6.97. The number of fused-ring (bicyclic) bond motifs is 1. The third kappa shape index (κ3) is 4.00. The van der Waals surface area contributed by atoms with Crippen LogP contribution < -0.4 is 5.32 Å². The first-order valence-corrected chi connectivity index (χ1v) is 9.00. The highest BCUT2D eigenvalue weighted by Gasteiger charge is 2.46. The number of imide groups is 1. The molecule has 0 saturated carbocycles. The molecular weight excluding hydrogens is 374 g/mol. The molecule has 3 rings (SSSR count). The van der Waals surface area contributed by atoms with Gasteiger partial charge in [0.15, 0.2) is 0 Å². The highest BCUT2D eigenvalue weighted by molar-refractivity contribution is 6.32. The molecule has 0 spiro atoms. The lowest BCUT2D eigenvalue weighted by Gasteiger charge is -2.14. The minimum Gasteiger partial charge on any atom is -0.326 e. The molecule has 142 valence electrons. The second-order valence-electron chi connectivity index (χ2n) is 6.56. The van der Waals surface area contributed by atoms with Crippen LogP contribution in [-0.4, -0.2) is 34.1 Å². The molecule has 0 bridgehead atoms. The van der Waals surface area contributed by atoms with Crippen LogP contribution in [0.4, 0.5) is 11.4 Å². The molecule has 1 aliphatic carbocycles. The van der Waals surface area contributed by atoms with E-state index in [0.717, 1.165) is 0 Å². The summed E-state index contributed by atoms with van der Waals surface area (Å²) in [4.78, 5) is 48.2. The molecule has 27 heavy (non-hydrogen) atoms. The van der Waals surface area contributed by atoms with Gasteiger partial charge in [0.25, 0.3) is 5.69 Å². The van der Waals surface area contributed by atoms with E-state index < -0.39 is 4.92 Å². The lowest BCUT2D eigenvalue weighted by Crippen LogP contribution is -2.32. The topological polar surface area (TPSA) is 110 Å². The number of rotatable bonds is 6. The number of hydrogen-bond acceptors (Lipinski definition) is 5. The second kappa shape index (κ2) is 7.87. The summed E-state index contributed by atoms with van der Waals surface area (Å²) in [5.41, 5.74) is -0.0274. The molecule has 1 heterocycles. The van der Waals surface area contributed by atoms with Crippen LogP contribution in [0.1, 0.15) is 25.7 Å². The predicted octanol–water partition coefficient (Wildman–Crippen LogP) is 2.92. The van der Waals surface area contributed by atoms with E-state index >= 15 is 0 Å². The minimum absolute atomic E-state index is 0.0139. The zero-order chi connectivity index (χ0) is 19.6. The van der Waals surface area contributed by atoms with E-state index in [-0.39, 0.29) is 58.9 Å². The summed E-state index contributed by atoms with van der Waals surface area (Å²) in [7, 11) is 0. The molecule has 1 aliphatic heterocycles. The van der Waals surface area contributed by atoms with Crippen molar-refractivity contribution in [2.24, 2.45) is 11.8 Å². The first-order valence-electron chi connectivity index (χ1n) is 8.62. The number of allylic oxidation sites excluding steroid dienone is 2. The standard InChI is InChI=1S/C18H18ClN3O5/c19-14-8-7-11(10-15(14)22(26)27)20-16(23)6-3-9-21-17(24)12-4-1-2-5-13(12)18(21)25/h1-2,7-8,10,12-13H,3-6,9H2,(H,20,23)/t12-,13-/m0/s1. The van der Waals surface area contributed by atoms with Crippen molar-refractivity contribution in [3.8, 4) is 0 Å². The fraction of sp³-hybridized carbons (Fsp3) is 0.389. The van der Waals surface area contributed by atoms with E-state index in [1.807, 2.05) is 12.2 Å². The van der Waals surface area contributed by atoms with Gasteiger partial charge in [0.05, 0.1) is 16.8 Å². The molecule has 0 aromatic heterocycles. The van der Waals surface area contributed by atoms with Crippen molar-refractivity contribution in [1.29, 1.82) is 0 Å². The maximum absolute atomic E-state index is 12.3. The van der Waals surface area contributed by atoms with Crippen LogP contribution in [0, 0.1) is 22.0 Å². The number of carbonyl (C=O) groups excluding carboxylic acids is 3. The summed E-state index contributed by atoms with van der Waals surface area (Å²) in [6.07, 6.45) is 5.43. The van der Waals surface area contributed by atoms with Crippen LogP contribution in [0.15, 0.2) is 30.4 Å². The number of nitro groups is 1. The van der Waals surface area contributed by atoms with E-state index in [2.05, 4.69) is 5.32 Å². The smallest absolute Gasteiger partial charge is 0.289 e. The molecule has 1 fully saturated rings. The van der Waals surface area contributed by atoms with Gasteiger partial charge in [-0.2, -0.15) is 0 Å². The van der Waals surface area contributed by atoms with Gasteiger partial charge in [0.2, 0.25) is 17.7 Å². The minimum atomic E-state index is -0.628. The van der Waals surface area contributed by atoms with Gasteiger partial charge >= 0.3 is 0 Å². The number of nitrogens with zero attached hydrogens (tertiary/aromatic N) is 2. The van der Waals surface area contributed by atoms with Crippen molar-refractivity contribution in [3.05, 3.63) is 45.5 Å². The zero-order valence-corrected chi connectivity index (χ0v) is 15.1. The van der Waals surface area contributed by atoms with Crippen LogP contribution in [0.25, 0.3) is 0 Å². The molecular formula is C18H18ClN3O5. The van der Waals surface area contributed by atoms with E-state index in [1.54, 1.807) is 0 Å². The Balaban J connectivity index is 1.52. The van der Waals surface area contributed by atoms with Gasteiger partial charge < -0.3 is 5.32 Å². The summed E-state index contributed by atoms with van der Waals surface area (Å²) >= 11 is 5.74. The quantitative estimate of drug-likeness (QED) is 0.347. The fourth-order valence-electron chi connectivity index (χ4n) is 3.44. The number of benzene rings is 1. The lowest BCUT2D eigenvalue weighted by molar-refractivity contribution is -0.384. The summed E-state index contributed by atoms with van der Waals surface area (Å²) < 4.78 is 0. The first kappa shape index (κ1) is 19.0. The average Bonchev–Trinajstić information content (AvgIpc) is 2.88. The normalized spacial score (nSPS) is 21.3. The molecule has 8 nitrogen and oxygen atoms in total. The number of nitro benzene ring substituents is 1. The number of amides is 3. The third-order valence-corrected chi connectivity index (χ3v) is 5.13. The van der Waals surface area contributed by atoms with E-state index in [9.17, 15) is 24.5 Å².